The van der Waals surface area contributed by atoms with Gasteiger partial charge in [0.2, 0.25) is 0 Å². The van der Waals surface area contributed by atoms with Crippen LogP contribution in [0.25, 0.3) is 33.1 Å². The molecule has 5 aromatic rings. The number of carbonyl (C=O) groups excluding carboxylic acids is 2. The molecule has 2 aromatic heterocycles. The fraction of sp³-hybridized carbons (Fsp3) is 0.233. The summed E-state index contributed by atoms with van der Waals surface area (Å²) in [4.78, 5) is 32.3. The van der Waals surface area contributed by atoms with E-state index in [9.17, 15) is 18.4 Å². The Morgan fingerprint density at radius 1 is 1.10 bits per heavy atom. The highest BCUT2D eigenvalue weighted by Gasteiger charge is 2.31. The minimum atomic E-state index is -1.02. The highest BCUT2D eigenvalue weighted by Crippen LogP contribution is 2.38. The zero-order valence-electron chi connectivity index (χ0n) is 22.0. The van der Waals surface area contributed by atoms with Crippen molar-refractivity contribution >= 4 is 45.2 Å². The monoisotopic (exact) mass is 562 g/mol. The molecule has 1 fully saturated rings. The van der Waals surface area contributed by atoms with Crippen molar-refractivity contribution in [1.82, 2.24) is 19.8 Å². The van der Waals surface area contributed by atoms with Crippen LogP contribution in [0.3, 0.4) is 0 Å². The maximum absolute atomic E-state index is 15.0. The lowest BCUT2D eigenvalue weighted by atomic mass is 9.99. The van der Waals surface area contributed by atoms with Crippen molar-refractivity contribution in [1.29, 1.82) is 0 Å². The second-order valence-corrected chi connectivity index (χ2v) is 10.4. The Bertz CT molecular complexity index is 1840. The predicted molar refractivity (Wildman–Crippen MR) is 149 cm³/mol. The number of nitrogens with one attached hydrogen (secondary N) is 1. The molecular weight excluding hydrogens is 538 g/mol. The third-order valence-electron chi connectivity index (χ3n) is 7.33. The van der Waals surface area contributed by atoms with Gasteiger partial charge in [-0.25, -0.2) is 13.8 Å². The molecule has 0 radical (unpaired) electrons. The van der Waals surface area contributed by atoms with E-state index in [1.165, 1.54) is 11.0 Å². The zero-order chi connectivity index (χ0) is 28.3. The molecule has 2 amide bonds. The quantitative estimate of drug-likeness (QED) is 0.282. The van der Waals surface area contributed by atoms with Gasteiger partial charge in [0.05, 0.1) is 25.2 Å². The molecule has 1 saturated heterocycles. The van der Waals surface area contributed by atoms with E-state index in [0.29, 0.717) is 61.4 Å². The average molecular weight is 563 g/mol. The number of likely N-dealkylation sites (tertiary alicyclic amines) is 1. The molecule has 0 atom stereocenters. The summed E-state index contributed by atoms with van der Waals surface area (Å²) < 4.78 is 36.0. The Labute approximate surface area is 233 Å². The molecule has 1 aliphatic heterocycles. The summed E-state index contributed by atoms with van der Waals surface area (Å²) in [6.45, 7) is 3.79. The van der Waals surface area contributed by atoms with Crippen LogP contribution in [0.15, 0.2) is 52.9 Å². The number of fused-ring (bicyclic) bond motifs is 3. The number of hydrogen-bond donors (Lipinski definition) is 1. The SMILES string of the molecule is CNC(=O)c1cc(-c2nc(C)oc2C)cc2c1c1cc(C(=O)N3CC(F)C3)ccc1n2Cc1ccc(Cl)cc1F. The van der Waals surface area contributed by atoms with Crippen molar-refractivity contribution in [3.05, 3.63) is 87.7 Å². The van der Waals surface area contributed by atoms with Crippen molar-refractivity contribution in [3.8, 4) is 11.3 Å². The molecule has 1 aliphatic rings. The fourth-order valence-corrected chi connectivity index (χ4v) is 5.53. The Balaban J connectivity index is 1.64. The van der Waals surface area contributed by atoms with Crippen LogP contribution in [0.4, 0.5) is 8.78 Å². The summed E-state index contributed by atoms with van der Waals surface area (Å²) in [6.07, 6.45) is -1.02. The maximum Gasteiger partial charge on any atom is 0.254 e. The van der Waals surface area contributed by atoms with Gasteiger partial charge in [-0.1, -0.05) is 17.7 Å². The van der Waals surface area contributed by atoms with Crippen molar-refractivity contribution in [2.24, 2.45) is 0 Å². The predicted octanol–water partition coefficient (Wildman–Crippen LogP) is 6.06. The van der Waals surface area contributed by atoms with Gasteiger partial charge in [0.15, 0.2) is 5.89 Å². The minimum absolute atomic E-state index is 0.0534. The van der Waals surface area contributed by atoms with Gasteiger partial charge >= 0.3 is 0 Å². The molecule has 0 bridgehead atoms. The molecule has 3 aromatic carbocycles. The highest BCUT2D eigenvalue weighted by molar-refractivity contribution is 6.30. The summed E-state index contributed by atoms with van der Waals surface area (Å²) >= 11 is 6.00. The number of oxazole rings is 1. The number of halogens is 3. The molecular formula is C30H25ClF2N4O3. The first-order valence-corrected chi connectivity index (χ1v) is 13.2. The first-order valence-electron chi connectivity index (χ1n) is 12.8. The molecule has 0 saturated carbocycles. The number of benzene rings is 3. The van der Waals surface area contributed by atoms with E-state index < -0.39 is 12.0 Å². The Morgan fingerprint density at radius 2 is 1.88 bits per heavy atom. The summed E-state index contributed by atoms with van der Waals surface area (Å²) in [7, 11) is 1.54. The molecule has 10 heteroatoms. The van der Waals surface area contributed by atoms with Crippen LogP contribution in [0.1, 0.15) is 37.9 Å². The van der Waals surface area contributed by atoms with Gasteiger partial charge in [-0.3, -0.25) is 9.59 Å². The third kappa shape index (κ3) is 4.30. The van der Waals surface area contributed by atoms with Crippen LogP contribution in [-0.2, 0) is 6.54 Å². The normalized spacial score (nSPS) is 13.7. The lowest BCUT2D eigenvalue weighted by molar-refractivity contribution is 0.0400. The van der Waals surface area contributed by atoms with Gasteiger partial charge in [-0.15, -0.1) is 0 Å². The van der Waals surface area contributed by atoms with E-state index >= 15 is 0 Å². The summed E-state index contributed by atoms with van der Waals surface area (Å²) in [5.41, 5.74) is 3.75. The Hall–Kier alpha value is -4.24. The fourth-order valence-electron chi connectivity index (χ4n) is 5.37. The number of carbonyl (C=O) groups is 2. The molecule has 0 aliphatic carbocycles. The van der Waals surface area contributed by atoms with Gasteiger partial charge in [-0.05, 0) is 49.4 Å². The van der Waals surface area contributed by atoms with Crippen molar-refractivity contribution in [2.75, 3.05) is 20.1 Å². The zero-order valence-corrected chi connectivity index (χ0v) is 22.8. The molecule has 0 unspecified atom stereocenters. The first kappa shape index (κ1) is 26.0. The molecule has 40 heavy (non-hydrogen) atoms. The lowest BCUT2D eigenvalue weighted by Gasteiger charge is -2.34. The van der Waals surface area contributed by atoms with Gasteiger partial charge in [0.25, 0.3) is 11.8 Å². The number of amides is 2. The number of hydrogen-bond acceptors (Lipinski definition) is 4. The second-order valence-electron chi connectivity index (χ2n) is 10.00. The van der Waals surface area contributed by atoms with E-state index in [0.717, 1.165) is 0 Å². The van der Waals surface area contributed by atoms with E-state index in [1.807, 2.05) is 10.6 Å². The molecule has 1 N–H and O–H groups in total. The summed E-state index contributed by atoms with van der Waals surface area (Å²) in [6, 6.07) is 13.3. The Kier molecular flexibility index (Phi) is 6.34. The number of aryl methyl sites for hydroxylation is 2. The van der Waals surface area contributed by atoms with Crippen LogP contribution < -0.4 is 5.32 Å². The molecule has 0 spiro atoms. The largest absolute Gasteiger partial charge is 0.446 e. The van der Waals surface area contributed by atoms with Crippen molar-refractivity contribution < 1.29 is 22.8 Å². The number of nitrogens with zero attached hydrogens (tertiary/aromatic N) is 3. The maximum atomic E-state index is 15.0. The van der Waals surface area contributed by atoms with E-state index in [1.54, 1.807) is 57.3 Å². The van der Waals surface area contributed by atoms with Crippen LogP contribution >= 0.6 is 11.6 Å². The van der Waals surface area contributed by atoms with Crippen molar-refractivity contribution in [3.63, 3.8) is 0 Å². The van der Waals surface area contributed by atoms with E-state index in [4.69, 9.17) is 16.0 Å². The number of rotatable bonds is 5. The molecule has 7 nitrogen and oxygen atoms in total. The van der Waals surface area contributed by atoms with Crippen LogP contribution in [0.5, 0.6) is 0 Å². The number of alkyl halides is 1. The molecule has 6 rings (SSSR count). The van der Waals surface area contributed by atoms with E-state index in [2.05, 4.69) is 10.3 Å². The summed E-state index contributed by atoms with van der Waals surface area (Å²) in [5, 5.41) is 4.24. The highest BCUT2D eigenvalue weighted by atomic mass is 35.5. The second kappa shape index (κ2) is 9.75. The average Bonchev–Trinajstić information content (AvgIpc) is 3.42. The van der Waals surface area contributed by atoms with Gasteiger partial charge < -0.3 is 19.2 Å². The minimum Gasteiger partial charge on any atom is -0.446 e. The first-order chi connectivity index (χ1) is 19.1. The van der Waals surface area contributed by atoms with Gasteiger partial charge in [0.1, 0.15) is 23.4 Å². The Morgan fingerprint density at radius 3 is 2.52 bits per heavy atom. The lowest BCUT2D eigenvalue weighted by Crippen LogP contribution is -2.51. The topological polar surface area (TPSA) is 80.4 Å². The summed E-state index contributed by atoms with van der Waals surface area (Å²) in [5.74, 6) is 0.00852. The van der Waals surface area contributed by atoms with Crippen LogP contribution in [-0.4, -0.2) is 52.6 Å². The standard InChI is InChI=1S/C30H25ClF2N4O3/c1-15-28(35-16(2)40-15)19-9-23(29(38)34-3)27-22-8-17(30(39)36-13-21(32)14-36)5-7-25(22)37(26(27)10-19)12-18-4-6-20(31)11-24(18)33/h4-11,21H,12-14H2,1-3H3,(H,34,38). The van der Waals surface area contributed by atoms with Crippen LogP contribution in [0, 0.1) is 19.7 Å². The van der Waals surface area contributed by atoms with Gasteiger partial charge in [-0.2, -0.15) is 0 Å². The van der Waals surface area contributed by atoms with E-state index in [-0.39, 0.29) is 36.5 Å². The smallest absolute Gasteiger partial charge is 0.254 e. The number of aromatic nitrogens is 2. The molecule has 3 heterocycles. The molecule has 204 valence electrons. The van der Waals surface area contributed by atoms with Crippen LogP contribution in [0.2, 0.25) is 5.02 Å². The van der Waals surface area contributed by atoms with Gasteiger partial charge in [0, 0.05) is 57.5 Å². The third-order valence-corrected chi connectivity index (χ3v) is 7.56. The van der Waals surface area contributed by atoms with Crippen molar-refractivity contribution in [2.45, 2.75) is 26.6 Å².